The third kappa shape index (κ3) is 9.96. The second-order valence-corrected chi connectivity index (χ2v) is 15.2. The van der Waals surface area contributed by atoms with Crippen molar-refractivity contribution >= 4 is 0 Å². The van der Waals surface area contributed by atoms with Gasteiger partial charge in [-0.3, -0.25) is 9.80 Å². The Balaban J connectivity index is 0.000000162. The highest BCUT2D eigenvalue weighted by atomic mass is 19.3. The van der Waals surface area contributed by atoms with Gasteiger partial charge in [0.25, 0.3) is 17.8 Å². The predicted octanol–water partition coefficient (Wildman–Crippen LogP) is 7.75. The molecule has 11 heteroatoms. The maximum absolute atomic E-state index is 13.6. The van der Waals surface area contributed by atoms with E-state index >= 15 is 0 Å². The standard InChI is InChI=1S/C14H25F2NO.C13H24F2N2O.C7H10F2/c1-10(2)17-8-6-12(9-17)18-13-5-4-7-14(15,16)11(13)3;1-9(2)17-7-5-10(8-17)18-11-4-3-6-13(14,15)12(11)16;8-7(9)3-1-2-5-4-6(5)7/h10-13H,4-9H2,1-3H3;9-12H,3-8,16H2,1-2H3;5-6H,1-4H2/t11-,12+,13+;10-,11-,12+;5-,6+/m100/s1. The molecule has 45 heavy (non-hydrogen) atoms. The summed E-state index contributed by atoms with van der Waals surface area (Å²) >= 11 is 0. The van der Waals surface area contributed by atoms with E-state index in [4.69, 9.17) is 15.2 Å². The highest BCUT2D eigenvalue weighted by Gasteiger charge is 2.56. The number of hydrogen-bond donors (Lipinski definition) is 1. The van der Waals surface area contributed by atoms with E-state index in [9.17, 15) is 26.3 Å². The zero-order chi connectivity index (χ0) is 33.2. The number of likely N-dealkylation sites (tertiary alicyclic amines) is 2. The number of alkyl halides is 6. The molecule has 0 aromatic carbocycles. The van der Waals surface area contributed by atoms with Gasteiger partial charge in [-0.15, -0.1) is 0 Å². The van der Waals surface area contributed by atoms with Gasteiger partial charge in [-0.05, 0) is 91.4 Å². The molecule has 6 rings (SSSR count). The predicted molar refractivity (Wildman–Crippen MR) is 165 cm³/mol. The first kappa shape index (κ1) is 37.2. The van der Waals surface area contributed by atoms with Crippen molar-refractivity contribution in [2.24, 2.45) is 23.5 Å². The quantitative estimate of drug-likeness (QED) is 0.297. The summed E-state index contributed by atoms with van der Waals surface area (Å²) in [7, 11) is 0. The lowest BCUT2D eigenvalue weighted by Gasteiger charge is -2.37. The normalized spacial score (nSPS) is 39.1. The number of nitrogens with two attached hydrogens (primary N) is 1. The number of fused-ring (bicyclic) bond motifs is 1. The number of hydrogen-bond acceptors (Lipinski definition) is 5. The molecule has 0 radical (unpaired) electrons. The molecule has 2 aliphatic heterocycles. The van der Waals surface area contributed by atoms with Gasteiger partial charge in [-0.25, -0.2) is 26.3 Å². The fraction of sp³-hybridized carbons (Fsp3) is 1.00. The minimum atomic E-state index is -2.76. The first-order chi connectivity index (χ1) is 21.0. The molecule has 6 aliphatic rings. The van der Waals surface area contributed by atoms with Crippen LogP contribution >= 0.6 is 0 Å². The fourth-order valence-corrected chi connectivity index (χ4v) is 7.82. The van der Waals surface area contributed by atoms with Crippen LogP contribution in [0.2, 0.25) is 0 Å². The molecule has 5 nitrogen and oxygen atoms in total. The van der Waals surface area contributed by atoms with Crippen LogP contribution in [-0.2, 0) is 9.47 Å². The minimum absolute atomic E-state index is 0.0246. The van der Waals surface area contributed by atoms with E-state index in [0.717, 1.165) is 64.7 Å². The molecule has 264 valence electrons. The summed E-state index contributed by atoms with van der Waals surface area (Å²) in [5, 5.41) is 0. The van der Waals surface area contributed by atoms with Crippen LogP contribution < -0.4 is 5.73 Å². The minimum Gasteiger partial charge on any atom is -0.373 e. The van der Waals surface area contributed by atoms with Crippen molar-refractivity contribution in [1.82, 2.24) is 9.80 Å². The number of rotatable bonds is 6. The smallest absolute Gasteiger partial charge is 0.265 e. The van der Waals surface area contributed by atoms with Crippen molar-refractivity contribution in [2.45, 2.75) is 172 Å². The van der Waals surface area contributed by atoms with Crippen molar-refractivity contribution in [3.63, 3.8) is 0 Å². The summed E-state index contributed by atoms with van der Waals surface area (Å²) in [5.74, 6) is -8.05. The lowest BCUT2D eigenvalue weighted by Crippen LogP contribution is -2.54. The Hall–Kier alpha value is -0.620. The molecule has 0 spiro atoms. The van der Waals surface area contributed by atoms with Gasteiger partial charge < -0.3 is 15.2 Å². The maximum atomic E-state index is 13.6. The molecule has 0 bridgehead atoms. The topological polar surface area (TPSA) is 51.0 Å². The van der Waals surface area contributed by atoms with Crippen LogP contribution in [0.1, 0.15) is 112 Å². The van der Waals surface area contributed by atoms with E-state index < -0.39 is 35.8 Å². The summed E-state index contributed by atoms with van der Waals surface area (Å²) in [6.07, 6.45) is 6.59. The van der Waals surface area contributed by atoms with Gasteiger partial charge in [0.15, 0.2) is 0 Å². The summed E-state index contributed by atoms with van der Waals surface area (Å²) in [6, 6.07) is -0.136. The lowest BCUT2D eigenvalue weighted by atomic mass is 9.84. The Morgan fingerprint density at radius 2 is 1.11 bits per heavy atom. The van der Waals surface area contributed by atoms with Crippen LogP contribution in [0.5, 0.6) is 0 Å². The Morgan fingerprint density at radius 3 is 1.60 bits per heavy atom. The first-order valence-electron chi connectivity index (χ1n) is 17.7. The molecular weight excluding hydrogens is 596 g/mol. The third-order valence-corrected chi connectivity index (χ3v) is 11.2. The summed E-state index contributed by atoms with van der Waals surface area (Å²) < 4.78 is 91.4. The maximum Gasteiger partial charge on any atom is 0.265 e. The van der Waals surface area contributed by atoms with Crippen LogP contribution in [0, 0.1) is 17.8 Å². The monoisotopic (exact) mass is 655 g/mol. The van der Waals surface area contributed by atoms with Gasteiger partial charge in [0.05, 0.1) is 30.5 Å². The van der Waals surface area contributed by atoms with Crippen LogP contribution in [0.4, 0.5) is 26.3 Å². The van der Waals surface area contributed by atoms with E-state index in [1.165, 1.54) is 0 Å². The molecule has 2 saturated heterocycles. The van der Waals surface area contributed by atoms with Crippen LogP contribution in [0.3, 0.4) is 0 Å². The average Bonchev–Trinajstić information content (AvgIpc) is 3.38. The van der Waals surface area contributed by atoms with Gasteiger partial charge >= 0.3 is 0 Å². The van der Waals surface area contributed by atoms with E-state index in [2.05, 4.69) is 37.5 Å². The number of halogens is 6. The van der Waals surface area contributed by atoms with Crippen LogP contribution in [-0.4, -0.2) is 96.3 Å². The molecule has 0 amide bonds. The highest BCUT2D eigenvalue weighted by molar-refractivity contribution is 4.99. The van der Waals surface area contributed by atoms with Gasteiger partial charge in [0.2, 0.25) is 0 Å². The molecule has 0 aromatic heterocycles. The van der Waals surface area contributed by atoms with Crippen molar-refractivity contribution in [1.29, 1.82) is 0 Å². The Morgan fingerprint density at radius 1 is 0.644 bits per heavy atom. The molecule has 0 unspecified atom stereocenters. The molecule has 2 heterocycles. The summed E-state index contributed by atoms with van der Waals surface area (Å²) in [4.78, 5) is 4.67. The van der Waals surface area contributed by atoms with E-state index in [1.54, 1.807) is 6.92 Å². The Kier molecular flexibility index (Phi) is 12.6. The van der Waals surface area contributed by atoms with Crippen LogP contribution in [0.15, 0.2) is 0 Å². The van der Waals surface area contributed by atoms with Gasteiger partial charge in [-0.1, -0.05) is 6.92 Å². The largest absolute Gasteiger partial charge is 0.373 e. The van der Waals surface area contributed by atoms with Crippen molar-refractivity contribution in [2.75, 3.05) is 26.2 Å². The first-order valence-corrected chi connectivity index (χ1v) is 17.7. The molecule has 8 atom stereocenters. The fourth-order valence-electron chi connectivity index (χ4n) is 7.82. The van der Waals surface area contributed by atoms with E-state index in [0.29, 0.717) is 37.3 Å². The number of nitrogens with zero attached hydrogens (tertiary/aromatic N) is 2. The lowest BCUT2D eigenvalue weighted by molar-refractivity contribution is -0.157. The highest BCUT2D eigenvalue weighted by Crippen LogP contribution is 2.57. The van der Waals surface area contributed by atoms with Crippen LogP contribution in [0.25, 0.3) is 0 Å². The summed E-state index contributed by atoms with van der Waals surface area (Å²) in [5.41, 5.74) is 5.64. The second kappa shape index (κ2) is 15.3. The molecule has 2 N–H and O–H groups in total. The van der Waals surface area contributed by atoms with Gasteiger partial charge in [0.1, 0.15) is 0 Å². The molecule has 6 fully saturated rings. The zero-order valence-electron chi connectivity index (χ0n) is 28.1. The molecule has 4 saturated carbocycles. The van der Waals surface area contributed by atoms with Gasteiger partial charge in [0, 0.05) is 69.4 Å². The molecule has 0 aromatic rings. The Bertz CT molecular complexity index is 868. The molecular formula is C34H59F6N3O2. The second-order valence-electron chi connectivity index (χ2n) is 15.2. The Labute approximate surface area is 267 Å². The number of ether oxygens (including phenoxy) is 2. The average molecular weight is 656 g/mol. The third-order valence-electron chi connectivity index (χ3n) is 11.2. The van der Waals surface area contributed by atoms with Crippen molar-refractivity contribution in [3.8, 4) is 0 Å². The van der Waals surface area contributed by atoms with Crippen molar-refractivity contribution in [3.05, 3.63) is 0 Å². The molecule has 4 aliphatic carbocycles. The SMILES string of the molecule is CC(C)N1CC[C@H](O[C@H]2CCCC(F)(F)[C@@H]2C)C1.CC(C)N1CC[C@H](O[C@H]2CCCC(F)(F)[C@@H]2N)C1.FC1(F)CCC[C@H]2C[C@H]21. The zero-order valence-corrected chi connectivity index (χ0v) is 28.1. The van der Waals surface area contributed by atoms with E-state index in [-0.39, 0.29) is 43.5 Å². The van der Waals surface area contributed by atoms with E-state index in [1.807, 2.05) is 0 Å². The van der Waals surface area contributed by atoms with Crippen molar-refractivity contribution < 1.29 is 35.8 Å². The summed E-state index contributed by atoms with van der Waals surface area (Å²) in [6.45, 7) is 14.0. The van der Waals surface area contributed by atoms with Gasteiger partial charge in [-0.2, -0.15) is 0 Å².